The maximum Gasteiger partial charge on any atom is 0.352 e. The van der Waals surface area contributed by atoms with Crippen molar-refractivity contribution in [3.05, 3.63) is 23.8 Å². The van der Waals surface area contributed by atoms with Crippen LogP contribution in [0.5, 0.6) is 0 Å². The highest BCUT2D eigenvalue weighted by molar-refractivity contribution is 7.98. The average Bonchev–Trinajstić information content (AvgIpc) is 3.00. The molecule has 3 fully saturated rings. The van der Waals surface area contributed by atoms with E-state index in [2.05, 4.69) is 0 Å². The summed E-state index contributed by atoms with van der Waals surface area (Å²) in [6.07, 6.45) is 5.81. The molecule has 0 spiro atoms. The molecule has 35 heavy (non-hydrogen) atoms. The number of thioether (sulfide) groups is 1. The molecule has 0 heterocycles. The van der Waals surface area contributed by atoms with Gasteiger partial charge in [-0.15, -0.1) is 11.8 Å². The fraction of sp³-hybridized carbons (Fsp3) is 0.720. The summed E-state index contributed by atoms with van der Waals surface area (Å²) in [5.41, 5.74) is -5.48. The molecule has 0 aromatic heterocycles. The zero-order valence-corrected chi connectivity index (χ0v) is 22.5. The highest BCUT2D eigenvalue weighted by Gasteiger charge is 2.78. The summed E-state index contributed by atoms with van der Waals surface area (Å²) in [5.74, 6) is -3.46. The van der Waals surface area contributed by atoms with E-state index in [1.807, 2.05) is 0 Å². The van der Waals surface area contributed by atoms with Crippen molar-refractivity contribution >= 4 is 52.7 Å². The fourth-order valence-corrected chi connectivity index (χ4v) is 7.96. The Balaban J connectivity index is 1.83. The van der Waals surface area contributed by atoms with Crippen molar-refractivity contribution in [1.82, 2.24) is 0 Å². The smallest absolute Gasteiger partial charge is 0.352 e. The first-order valence-corrected chi connectivity index (χ1v) is 14.0. The number of esters is 2. The van der Waals surface area contributed by atoms with Crippen molar-refractivity contribution in [2.24, 2.45) is 28.6 Å². The molecule has 0 aromatic rings. The molecule has 0 radical (unpaired) electrons. The summed E-state index contributed by atoms with van der Waals surface area (Å²) in [6.45, 7) is 5.27. The Morgan fingerprint density at radius 3 is 2.63 bits per heavy atom. The van der Waals surface area contributed by atoms with Crippen molar-refractivity contribution < 1.29 is 33.4 Å². The number of ketones is 1. The van der Waals surface area contributed by atoms with Crippen LogP contribution in [0.1, 0.15) is 46.5 Å². The number of aliphatic hydroxyl groups is 1. The summed E-state index contributed by atoms with van der Waals surface area (Å²) >= 11 is 12.9. The number of hydrogen-bond acceptors (Lipinski definition) is 7. The van der Waals surface area contributed by atoms with Crippen LogP contribution in [0.25, 0.3) is 0 Å². The SMILES string of the molecule is CSCOC(=O)[C@@]1(OC(=O)C(Cl)Cl)[C@H](C)C[C@H]2[C@@H]3CCC4=CC(=O)C=C[C@]4(C)[C@@]3(F)[C@@H](O)C[C@@]21C. The molecule has 0 unspecified atom stereocenters. The van der Waals surface area contributed by atoms with E-state index in [1.54, 1.807) is 33.1 Å². The molecular weight excluding hydrogens is 518 g/mol. The van der Waals surface area contributed by atoms with Crippen molar-refractivity contribution in [2.75, 3.05) is 12.2 Å². The van der Waals surface area contributed by atoms with Gasteiger partial charge >= 0.3 is 11.9 Å². The standard InChI is InChI=1S/C25H31Cl2FO6S/c1-13-9-17-16-6-5-14-10-15(29)7-8-22(14,2)24(16,28)18(30)11-23(17,3)25(13,21(32)33-12-35-4)34-20(31)19(26)27/h7-8,10,13,16-19,30H,5-6,9,11-12H2,1-4H3/t13-,16+,17+,18+,22+,23+,24+,25+/m1/s1. The van der Waals surface area contributed by atoms with Crippen LogP contribution in [0, 0.1) is 28.6 Å². The van der Waals surface area contributed by atoms with E-state index in [1.165, 1.54) is 23.9 Å². The van der Waals surface area contributed by atoms with Crippen LogP contribution in [0.15, 0.2) is 23.8 Å². The number of allylic oxidation sites excluding steroid dienone is 4. The Labute approximate surface area is 218 Å². The number of carbonyl (C=O) groups excluding carboxylic acids is 3. The van der Waals surface area contributed by atoms with Gasteiger partial charge in [0, 0.05) is 22.7 Å². The first kappa shape index (κ1) is 27.0. The lowest BCUT2D eigenvalue weighted by Gasteiger charge is -2.62. The third-order valence-electron chi connectivity index (χ3n) is 9.23. The zero-order chi connectivity index (χ0) is 26.0. The molecule has 4 rings (SSSR count). The molecule has 3 saturated carbocycles. The third kappa shape index (κ3) is 3.57. The monoisotopic (exact) mass is 548 g/mol. The van der Waals surface area contributed by atoms with Gasteiger partial charge in [-0.1, -0.05) is 48.7 Å². The Hall–Kier alpha value is -1.09. The molecule has 1 N–H and O–H groups in total. The molecular formula is C25H31Cl2FO6S. The van der Waals surface area contributed by atoms with Crippen molar-refractivity contribution in [3.8, 4) is 0 Å². The number of fused-ring (bicyclic) bond motifs is 5. The summed E-state index contributed by atoms with van der Waals surface area (Å²) < 4.78 is 28.6. The Bertz CT molecular complexity index is 1000. The van der Waals surface area contributed by atoms with E-state index >= 15 is 4.39 Å². The summed E-state index contributed by atoms with van der Waals surface area (Å²) in [4.78, 5) is 36.8. The second kappa shape index (κ2) is 9.03. The lowest BCUT2D eigenvalue weighted by molar-refractivity contribution is -0.235. The highest BCUT2D eigenvalue weighted by atomic mass is 35.5. The minimum atomic E-state index is -2.07. The number of ether oxygens (including phenoxy) is 2. The second-order valence-corrected chi connectivity index (χ2v) is 12.6. The van der Waals surface area contributed by atoms with Crippen LogP contribution in [-0.4, -0.2) is 57.2 Å². The van der Waals surface area contributed by atoms with Crippen molar-refractivity contribution in [3.63, 3.8) is 0 Å². The number of rotatable bonds is 5. The number of aliphatic hydroxyl groups excluding tert-OH is 1. The van der Waals surface area contributed by atoms with Gasteiger partial charge in [-0.3, -0.25) is 4.79 Å². The molecule has 0 amide bonds. The quantitative estimate of drug-likeness (QED) is 0.306. The van der Waals surface area contributed by atoms with Crippen LogP contribution in [0.2, 0.25) is 0 Å². The van der Waals surface area contributed by atoms with E-state index in [-0.39, 0.29) is 18.1 Å². The minimum absolute atomic E-state index is 0.0425. The number of carbonyl (C=O) groups is 3. The van der Waals surface area contributed by atoms with Crippen LogP contribution in [0.4, 0.5) is 4.39 Å². The largest absolute Gasteiger partial charge is 0.452 e. The molecule has 8 atom stereocenters. The minimum Gasteiger partial charge on any atom is -0.452 e. The van der Waals surface area contributed by atoms with Gasteiger partial charge in [0.2, 0.25) is 10.4 Å². The second-order valence-electron chi connectivity index (χ2n) is 10.7. The van der Waals surface area contributed by atoms with E-state index in [0.717, 1.165) is 0 Å². The van der Waals surface area contributed by atoms with E-state index < -0.39 is 62.7 Å². The Kier molecular flexibility index (Phi) is 6.96. The molecule has 6 nitrogen and oxygen atoms in total. The van der Waals surface area contributed by atoms with Gasteiger partial charge in [-0.05, 0) is 56.9 Å². The molecule has 0 aliphatic heterocycles. The van der Waals surface area contributed by atoms with Gasteiger partial charge in [0.1, 0.15) is 5.94 Å². The Morgan fingerprint density at radius 2 is 2.00 bits per heavy atom. The third-order valence-corrected chi connectivity index (χ3v) is 9.94. The first-order chi connectivity index (χ1) is 16.3. The maximum absolute atomic E-state index is 17.3. The zero-order valence-electron chi connectivity index (χ0n) is 20.2. The van der Waals surface area contributed by atoms with Crippen LogP contribution in [-0.2, 0) is 23.9 Å². The lowest BCUT2D eigenvalue weighted by Crippen LogP contribution is -2.70. The van der Waals surface area contributed by atoms with E-state index in [0.29, 0.717) is 24.8 Å². The normalized spacial score (nSPS) is 44.3. The molecule has 0 saturated heterocycles. The lowest BCUT2D eigenvalue weighted by atomic mass is 9.44. The first-order valence-electron chi connectivity index (χ1n) is 11.8. The van der Waals surface area contributed by atoms with Gasteiger partial charge in [0.05, 0.1) is 6.10 Å². The predicted octanol–water partition coefficient (Wildman–Crippen LogP) is 4.55. The van der Waals surface area contributed by atoms with Crippen molar-refractivity contribution in [2.45, 2.75) is 68.7 Å². The summed E-state index contributed by atoms with van der Waals surface area (Å²) in [7, 11) is 0. The molecule has 4 aliphatic rings. The molecule has 4 aliphatic carbocycles. The number of halogens is 3. The molecule has 194 valence electrons. The van der Waals surface area contributed by atoms with Gasteiger partial charge in [0.15, 0.2) is 11.5 Å². The fourth-order valence-electron chi connectivity index (χ4n) is 7.65. The predicted molar refractivity (Wildman–Crippen MR) is 132 cm³/mol. The van der Waals surface area contributed by atoms with E-state index in [4.69, 9.17) is 32.7 Å². The molecule has 0 aromatic carbocycles. The van der Waals surface area contributed by atoms with Gasteiger partial charge < -0.3 is 14.6 Å². The highest BCUT2D eigenvalue weighted by Crippen LogP contribution is 2.71. The number of alkyl halides is 3. The Morgan fingerprint density at radius 1 is 1.31 bits per heavy atom. The van der Waals surface area contributed by atoms with Gasteiger partial charge in [-0.2, -0.15) is 0 Å². The average molecular weight is 549 g/mol. The van der Waals surface area contributed by atoms with Crippen LogP contribution < -0.4 is 0 Å². The van der Waals surface area contributed by atoms with Gasteiger partial charge in [0.25, 0.3) is 0 Å². The maximum atomic E-state index is 17.3. The van der Waals surface area contributed by atoms with Gasteiger partial charge in [-0.25, -0.2) is 14.0 Å². The van der Waals surface area contributed by atoms with Crippen LogP contribution >= 0.6 is 35.0 Å². The topological polar surface area (TPSA) is 89.9 Å². The molecule has 10 heteroatoms. The van der Waals surface area contributed by atoms with E-state index in [9.17, 15) is 19.5 Å². The number of hydrogen-bond donors (Lipinski definition) is 1. The van der Waals surface area contributed by atoms with Crippen LogP contribution in [0.3, 0.4) is 0 Å². The summed E-state index contributed by atoms with van der Waals surface area (Å²) in [5, 5.41) is 11.5. The summed E-state index contributed by atoms with van der Waals surface area (Å²) in [6, 6.07) is 0. The molecule has 0 bridgehead atoms. The van der Waals surface area contributed by atoms with Crippen molar-refractivity contribution in [1.29, 1.82) is 0 Å².